The van der Waals surface area contributed by atoms with Gasteiger partial charge in [-0.15, -0.1) is 0 Å². The molecule has 3 nitrogen and oxygen atoms in total. The van der Waals surface area contributed by atoms with Crippen LogP contribution in [0.5, 0.6) is 17.2 Å². The van der Waals surface area contributed by atoms with Crippen LogP contribution in [0.3, 0.4) is 0 Å². The van der Waals surface area contributed by atoms with Crippen molar-refractivity contribution in [2.75, 3.05) is 13.2 Å². The largest absolute Gasteiger partial charge is 0.544 e. The van der Waals surface area contributed by atoms with Crippen LogP contribution in [0.15, 0.2) is 42.5 Å². The van der Waals surface area contributed by atoms with Gasteiger partial charge in [-0.25, -0.2) is 0 Å². The van der Waals surface area contributed by atoms with Crippen LogP contribution in [-0.4, -0.2) is 31.1 Å². The normalized spacial score (nSPS) is 11.2. The molecule has 0 aromatic heterocycles. The Morgan fingerprint density at radius 1 is 0.792 bits per heavy atom. The molecule has 0 fully saturated rings. The molecule has 0 aliphatic carbocycles. The van der Waals surface area contributed by atoms with Gasteiger partial charge in [-0.3, -0.25) is 0 Å². The molecule has 0 atom stereocenters. The Morgan fingerprint density at radius 3 is 2.08 bits per heavy atom. The highest BCUT2D eigenvalue weighted by Crippen LogP contribution is 2.25. The molecule has 2 radical (unpaired) electrons. The average molecular weight is 359 g/mol. The van der Waals surface area contributed by atoms with Gasteiger partial charge in [0.15, 0.2) is 11.5 Å². The molecule has 2 aromatic carbocycles. The second kappa shape index (κ2) is 8.39. The van der Waals surface area contributed by atoms with Gasteiger partial charge in [-0.2, -0.15) is 0 Å². The van der Waals surface area contributed by atoms with Gasteiger partial charge in [0.25, 0.3) is 0 Å². The van der Waals surface area contributed by atoms with E-state index in [-0.39, 0.29) is 0 Å². The summed E-state index contributed by atoms with van der Waals surface area (Å²) >= 11 is 0. The molecule has 0 saturated heterocycles. The number of hydrogen-bond donors (Lipinski definition) is 0. The van der Waals surface area contributed by atoms with E-state index >= 15 is 0 Å². The van der Waals surface area contributed by atoms with Crippen molar-refractivity contribution in [3.8, 4) is 17.2 Å². The maximum absolute atomic E-state index is 6.26. The van der Waals surface area contributed by atoms with E-state index in [1.54, 1.807) is 0 Å². The number of hydrogen-bond acceptors (Lipinski definition) is 3. The van der Waals surface area contributed by atoms with Crippen LogP contribution in [0.4, 0.5) is 0 Å². The van der Waals surface area contributed by atoms with Gasteiger partial charge < -0.3 is 13.9 Å². The van der Waals surface area contributed by atoms with E-state index in [1.807, 2.05) is 32.0 Å². The molecule has 2 rings (SSSR count). The highest BCUT2D eigenvalue weighted by molar-refractivity contribution is 6.72. The van der Waals surface area contributed by atoms with Crippen LogP contribution in [0, 0.1) is 0 Å². The summed E-state index contributed by atoms with van der Waals surface area (Å²) in [7, 11) is -1.19. The van der Waals surface area contributed by atoms with E-state index in [9.17, 15) is 0 Å². The molecular formula is C19H26O3Si2. The zero-order valence-electron chi connectivity index (χ0n) is 15.2. The van der Waals surface area contributed by atoms with Crippen molar-refractivity contribution in [1.82, 2.24) is 0 Å². The predicted octanol–water partition coefficient (Wildman–Crippen LogP) is 3.35. The lowest BCUT2D eigenvalue weighted by molar-refractivity contribution is 0.290. The van der Waals surface area contributed by atoms with Crippen molar-refractivity contribution < 1.29 is 13.9 Å². The Labute approximate surface area is 148 Å². The van der Waals surface area contributed by atoms with Gasteiger partial charge in [0.2, 0.25) is 8.32 Å². The van der Waals surface area contributed by atoms with Crippen LogP contribution < -0.4 is 24.3 Å². The minimum atomic E-state index is -1.65. The van der Waals surface area contributed by atoms with E-state index in [0.717, 1.165) is 22.4 Å². The lowest BCUT2D eigenvalue weighted by Gasteiger charge is -2.22. The summed E-state index contributed by atoms with van der Waals surface area (Å²) in [4.78, 5) is 0. The third kappa shape index (κ3) is 5.14. The maximum Gasteiger partial charge on any atom is 0.242 e. The number of ether oxygens (including phenoxy) is 2. The Morgan fingerprint density at radius 2 is 1.42 bits per heavy atom. The molecular weight excluding hydrogens is 332 g/mol. The van der Waals surface area contributed by atoms with E-state index in [1.165, 1.54) is 5.19 Å². The second-order valence-corrected chi connectivity index (χ2v) is 12.1. The van der Waals surface area contributed by atoms with E-state index in [0.29, 0.717) is 22.7 Å². The summed E-state index contributed by atoms with van der Waals surface area (Å²) in [5.74, 6) is 2.65. The predicted molar refractivity (Wildman–Crippen MR) is 104 cm³/mol. The Balaban J connectivity index is 2.36. The van der Waals surface area contributed by atoms with Crippen LogP contribution in [0.25, 0.3) is 0 Å². The van der Waals surface area contributed by atoms with Gasteiger partial charge >= 0.3 is 0 Å². The van der Waals surface area contributed by atoms with Gasteiger partial charge in [0.05, 0.1) is 13.2 Å². The first-order chi connectivity index (χ1) is 11.4. The molecule has 24 heavy (non-hydrogen) atoms. The van der Waals surface area contributed by atoms with Crippen molar-refractivity contribution in [2.45, 2.75) is 33.5 Å². The summed E-state index contributed by atoms with van der Waals surface area (Å²) in [6, 6.07) is 14.4. The molecule has 5 heteroatoms. The number of para-hydroxylation sites is 2. The van der Waals surface area contributed by atoms with Crippen LogP contribution in [0.2, 0.25) is 19.6 Å². The molecule has 0 amide bonds. The van der Waals surface area contributed by atoms with E-state index < -0.39 is 8.32 Å². The molecule has 2 aromatic rings. The first-order valence-corrected chi connectivity index (χ1v) is 12.8. The highest BCUT2D eigenvalue weighted by Gasteiger charge is 2.19. The molecule has 0 heterocycles. The van der Waals surface area contributed by atoms with Crippen LogP contribution >= 0.6 is 0 Å². The van der Waals surface area contributed by atoms with Crippen molar-refractivity contribution in [3.05, 3.63) is 42.5 Å². The number of rotatable bonds is 8. The fourth-order valence-electron chi connectivity index (χ4n) is 2.31. The lowest BCUT2D eigenvalue weighted by atomic mass is 10.3. The third-order valence-electron chi connectivity index (χ3n) is 3.14. The summed E-state index contributed by atoms with van der Waals surface area (Å²) < 4.78 is 17.9. The summed E-state index contributed by atoms with van der Waals surface area (Å²) in [6.45, 7) is 11.8. The smallest absolute Gasteiger partial charge is 0.242 e. The van der Waals surface area contributed by atoms with Crippen LogP contribution in [0.1, 0.15) is 13.8 Å². The Hall–Kier alpha value is -1.73. The molecule has 0 spiro atoms. The molecule has 128 valence electrons. The quantitative estimate of drug-likeness (QED) is 0.677. The average Bonchev–Trinajstić information content (AvgIpc) is 2.51. The summed E-state index contributed by atoms with van der Waals surface area (Å²) in [6.07, 6.45) is 0. The van der Waals surface area contributed by atoms with Gasteiger partial charge in [-0.05, 0) is 56.0 Å². The molecule has 0 bridgehead atoms. The molecule has 0 unspecified atom stereocenters. The third-order valence-corrected chi connectivity index (χ3v) is 5.32. The van der Waals surface area contributed by atoms with E-state index in [4.69, 9.17) is 13.9 Å². The van der Waals surface area contributed by atoms with Crippen molar-refractivity contribution in [3.63, 3.8) is 0 Å². The van der Waals surface area contributed by atoms with Crippen LogP contribution in [-0.2, 0) is 0 Å². The molecule has 0 aliphatic heterocycles. The summed E-state index contributed by atoms with van der Waals surface area (Å²) in [5, 5.41) is 2.35. The monoisotopic (exact) mass is 358 g/mol. The fraction of sp³-hybridized carbons (Fsp3) is 0.368. The Bertz CT molecular complexity index is 666. The topological polar surface area (TPSA) is 27.7 Å². The molecule has 0 N–H and O–H groups in total. The molecule has 0 saturated carbocycles. The zero-order chi connectivity index (χ0) is 17.6. The fourth-order valence-corrected chi connectivity index (χ4v) is 4.47. The first-order valence-electron chi connectivity index (χ1n) is 8.38. The first kappa shape index (κ1) is 18.6. The standard InChI is InChI=1S/C19H26O3Si2/c1-6-20-16-12-10-14-18(19(16)21-7-2)23-17-13-9-8-11-15(17)22-24(3,4)5/h8-14H,6-7H2,1-5H3. The minimum absolute atomic E-state index is 0.463. The summed E-state index contributed by atoms with van der Waals surface area (Å²) in [5.41, 5.74) is 0. The maximum atomic E-state index is 6.26. The van der Waals surface area contributed by atoms with Gasteiger partial charge in [0, 0.05) is 0 Å². The lowest BCUT2D eigenvalue weighted by Crippen LogP contribution is -2.35. The van der Waals surface area contributed by atoms with Gasteiger partial charge in [-0.1, -0.05) is 30.3 Å². The second-order valence-electron chi connectivity index (χ2n) is 6.33. The zero-order valence-corrected chi connectivity index (χ0v) is 17.2. The highest BCUT2D eigenvalue weighted by atomic mass is 28.4. The van der Waals surface area contributed by atoms with E-state index in [2.05, 4.69) is 43.9 Å². The minimum Gasteiger partial charge on any atom is -0.544 e. The van der Waals surface area contributed by atoms with Crippen molar-refractivity contribution >= 4 is 28.2 Å². The van der Waals surface area contributed by atoms with Crippen molar-refractivity contribution in [1.29, 1.82) is 0 Å². The Kier molecular flexibility index (Phi) is 6.51. The SMILES string of the molecule is CCOc1cccc([Si]c2ccccc2O[Si](C)(C)C)c1OCC. The molecule has 0 aliphatic rings. The number of benzene rings is 2. The van der Waals surface area contributed by atoms with Crippen molar-refractivity contribution in [2.24, 2.45) is 0 Å². The van der Waals surface area contributed by atoms with Gasteiger partial charge in [0.1, 0.15) is 15.3 Å².